The van der Waals surface area contributed by atoms with Crippen molar-refractivity contribution in [1.82, 2.24) is 9.97 Å². The van der Waals surface area contributed by atoms with Crippen LogP contribution in [-0.4, -0.2) is 15.7 Å². The van der Waals surface area contributed by atoms with Crippen molar-refractivity contribution in [2.24, 2.45) is 5.73 Å². The van der Waals surface area contributed by atoms with Crippen molar-refractivity contribution in [1.29, 1.82) is 0 Å². The van der Waals surface area contributed by atoms with Gasteiger partial charge < -0.3 is 10.7 Å². The minimum atomic E-state index is 0.00111. The SMILES string of the molecule is NC(CSc1ncc[nH]1)c1cccc2ccccc12. The fraction of sp³-hybridized carbons (Fsp3) is 0.133. The lowest BCUT2D eigenvalue weighted by Crippen LogP contribution is -2.13. The van der Waals surface area contributed by atoms with Gasteiger partial charge >= 0.3 is 0 Å². The van der Waals surface area contributed by atoms with E-state index in [9.17, 15) is 0 Å². The largest absolute Gasteiger partial charge is 0.340 e. The Kier molecular flexibility index (Phi) is 3.53. The van der Waals surface area contributed by atoms with Crippen molar-refractivity contribution in [3.05, 3.63) is 60.4 Å². The molecule has 0 aliphatic rings. The van der Waals surface area contributed by atoms with E-state index in [4.69, 9.17) is 5.73 Å². The van der Waals surface area contributed by atoms with Gasteiger partial charge in [0.05, 0.1) is 0 Å². The first-order valence-electron chi connectivity index (χ1n) is 6.20. The summed E-state index contributed by atoms with van der Waals surface area (Å²) < 4.78 is 0. The third kappa shape index (κ3) is 2.64. The first-order valence-corrected chi connectivity index (χ1v) is 7.18. The Morgan fingerprint density at radius 2 is 2.00 bits per heavy atom. The van der Waals surface area contributed by atoms with Gasteiger partial charge in [-0.1, -0.05) is 54.2 Å². The zero-order chi connectivity index (χ0) is 13.1. The predicted octanol–water partition coefficient (Wildman–Crippen LogP) is 3.36. The van der Waals surface area contributed by atoms with Gasteiger partial charge in [-0.25, -0.2) is 4.98 Å². The third-order valence-electron chi connectivity index (χ3n) is 3.10. The second-order valence-electron chi connectivity index (χ2n) is 4.38. The Morgan fingerprint density at radius 3 is 2.84 bits per heavy atom. The van der Waals surface area contributed by atoms with E-state index in [0.717, 1.165) is 10.9 Å². The first-order chi connectivity index (χ1) is 9.34. The highest BCUT2D eigenvalue weighted by molar-refractivity contribution is 7.99. The summed E-state index contributed by atoms with van der Waals surface area (Å²) in [7, 11) is 0. The molecule has 0 amide bonds. The van der Waals surface area contributed by atoms with Crippen molar-refractivity contribution >= 4 is 22.5 Å². The molecule has 96 valence electrons. The first kappa shape index (κ1) is 12.3. The predicted molar refractivity (Wildman–Crippen MR) is 80.2 cm³/mol. The highest BCUT2D eigenvalue weighted by Crippen LogP contribution is 2.26. The average molecular weight is 269 g/mol. The van der Waals surface area contributed by atoms with Gasteiger partial charge in [0, 0.05) is 24.2 Å². The summed E-state index contributed by atoms with van der Waals surface area (Å²) in [6, 6.07) is 14.6. The summed E-state index contributed by atoms with van der Waals surface area (Å²) in [5, 5.41) is 3.38. The summed E-state index contributed by atoms with van der Waals surface area (Å²) in [4.78, 5) is 7.27. The number of hydrogen-bond donors (Lipinski definition) is 2. The molecule has 0 saturated carbocycles. The number of imidazole rings is 1. The van der Waals surface area contributed by atoms with E-state index in [1.165, 1.54) is 16.3 Å². The van der Waals surface area contributed by atoms with E-state index in [2.05, 4.69) is 52.4 Å². The molecule has 3 nitrogen and oxygen atoms in total. The van der Waals surface area contributed by atoms with Gasteiger partial charge in [-0.2, -0.15) is 0 Å². The molecule has 0 radical (unpaired) electrons. The summed E-state index contributed by atoms with van der Waals surface area (Å²) in [6.45, 7) is 0. The number of nitrogens with one attached hydrogen (secondary N) is 1. The van der Waals surface area contributed by atoms with Crippen LogP contribution in [0.4, 0.5) is 0 Å². The lowest BCUT2D eigenvalue weighted by atomic mass is 10.0. The van der Waals surface area contributed by atoms with Crippen LogP contribution in [0.25, 0.3) is 10.8 Å². The standard InChI is InChI=1S/C15H15N3S/c16-14(10-19-15-17-8-9-18-15)13-7-3-5-11-4-1-2-6-12(11)13/h1-9,14H,10,16H2,(H,17,18). The van der Waals surface area contributed by atoms with Crippen LogP contribution in [0.5, 0.6) is 0 Å². The lowest BCUT2D eigenvalue weighted by Gasteiger charge is -2.13. The fourth-order valence-corrected chi connectivity index (χ4v) is 2.97. The normalized spacial score (nSPS) is 12.7. The van der Waals surface area contributed by atoms with Crippen LogP contribution < -0.4 is 5.73 Å². The topological polar surface area (TPSA) is 54.7 Å². The summed E-state index contributed by atoms with van der Waals surface area (Å²) >= 11 is 1.65. The smallest absolute Gasteiger partial charge is 0.165 e. The number of thioether (sulfide) groups is 1. The molecule has 19 heavy (non-hydrogen) atoms. The Bertz CT molecular complexity index is 659. The Labute approximate surface area is 116 Å². The van der Waals surface area contributed by atoms with Gasteiger partial charge in [0.2, 0.25) is 0 Å². The number of H-pyrrole nitrogens is 1. The molecule has 0 aliphatic carbocycles. The van der Waals surface area contributed by atoms with E-state index >= 15 is 0 Å². The van der Waals surface area contributed by atoms with Crippen LogP contribution >= 0.6 is 11.8 Å². The number of hydrogen-bond acceptors (Lipinski definition) is 3. The van der Waals surface area contributed by atoms with E-state index in [0.29, 0.717) is 0 Å². The van der Waals surface area contributed by atoms with Crippen molar-refractivity contribution in [2.45, 2.75) is 11.2 Å². The second kappa shape index (κ2) is 5.47. The number of rotatable bonds is 4. The van der Waals surface area contributed by atoms with Crippen LogP contribution in [-0.2, 0) is 0 Å². The quantitative estimate of drug-likeness (QED) is 0.714. The highest BCUT2D eigenvalue weighted by atomic mass is 32.2. The maximum atomic E-state index is 6.32. The molecule has 3 N–H and O–H groups in total. The van der Waals surface area contributed by atoms with Crippen molar-refractivity contribution in [3.8, 4) is 0 Å². The molecule has 1 aromatic heterocycles. The minimum absolute atomic E-state index is 0.00111. The van der Waals surface area contributed by atoms with Gasteiger partial charge in [0.25, 0.3) is 0 Å². The van der Waals surface area contributed by atoms with E-state index in [1.807, 2.05) is 6.20 Å². The van der Waals surface area contributed by atoms with Crippen LogP contribution in [0.3, 0.4) is 0 Å². The number of aromatic nitrogens is 2. The number of aromatic amines is 1. The monoisotopic (exact) mass is 269 g/mol. The van der Waals surface area contributed by atoms with Crippen LogP contribution in [0.1, 0.15) is 11.6 Å². The van der Waals surface area contributed by atoms with Crippen LogP contribution in [0.2, 0.25) is 0 Å². The van der Waals surface area contributed by atoms with Crippen molar-refractivity contribution in [3.63, 3.8) is 0 Å². The molecule has 0 bridgehead atoms. The van der Waals surface area contributed by atoms with Gasteiger partial charge in [0.15, 0.2) is 5.16 Å². The maximum absolute atomic E-state index is 6.32. The Morgan fingerprint density at radius 1 is 1.16 bits per heavy atom. The summed E-state index contributed by atoms with van der Waals surface area (Å²) in [5.74, 6) is 0.807. The van der Waals surface area contributed by atoms with Gasteiger partial charge in [-0.15, -0.1) is 0 Å². The van der Waals surface area contributed by atoms with Crippen molar-refractivity contribution < 1.29 is 0 Å². The van der Waals surface area contributed by atoms with E-state index in [1.54, 1.807) is 18.0 Å². The highest BCUT2D eigenvalue weighted by Gasteiger charge is 2.10. The Hall–Kier alpha value is -1.78. The molecule has 1 atom stereocenters. The molecule has 3 aromatic rings. The molecule has 0 spiro atoms. The average Bonchev–Trinajstić information content (AvgIpc) is 2.97. The lowest BCUT2D eigenvalue weighted by molar-refractivity contribution is 0.837. The van der Waals surface area contributed by atoms with Crippen molar-refractivity contribution in [2.75, 3.05) is 5.75 Å². The molecule has 2 aromatic carbocycles. The number of benzene rings is 2. The van der Waals surface area contributed by atoms with E-state index in [-0.39, 0.29) is 6.04 Å². The summed E-state index contributed by atoms with van der Waals surface area (Å²) in [6.07, 6.45) is 3.58. The molecule has 0 aliphatic heterocycles. The molecule has 0 saturated heterocycles. The third-order valence-corrected chi connectivity index (χ3v) is 4.12. The van der Waals surface area contributed by atoms with Crippen LogP contribution in [0, 0.1) is 0 Å². The molecule has 3 rings (SSSR count). The second-order valence-corrected chi connectivity index (χ2v) is 5.39. The fourth-order valence-electron chi connectivity index (χ4n) is 2.16. The van der Waals surface area contributed by atoms with E-state index < -0.39 is 0 Å². The molecule has 0 fully saturated rings. The number of nitrogens with two attached hydrogens (primary N) is 1. The molecule has 1 unspecified atom stereocenters. The molecule has 4 heteroatoms. The number of nitrogens with zero attached hydrogens (tertiary/aromatic N) is 1. The number of fused-ring (bicyclic) bond motifs is 1. The van der Waals surface area contributed by atoms with Gasteiger partial charge in [-0.05, 0) is 16.3 Å². The maximum Gasteiger partial charge on any atom is 0.165 e. The molecular weight excluding hydrogens is 254 g/mol. The Balaban J connectivity index is 1.83. The minimum Gasteiger partial charge on any atom is -0.340 e. The van der Waals surface area contributed by atoms with Crippen LogP contribution in [0.15, 0.2) is 60.0 Å². The van der Waals surface area contributed by atoms with Gasteiger partial charge in [0.1, 0.15) is 0 Å². The summed E-state index contributed by atoms with van der Waals surface area (Å²) in [5.41, 5.74) is 7.51. The molecule has 1 heterocycles. The molecular formula is C15H15N3S. The zero-order valence-electron chi connectivity index (χ0n) is 10.4. The van der Waals surface area contributed by atoms with Gasteiger partial charge in [-0.3, -0.25) is 0 Å². The zero-order valence-corrected chi connectivity index (χ0v) is 11.2.